The lowest BCUT2D eigenvalue weighted by Crippen LogP contribution is -1.96. The first-order valence-electron chi connectivity index (χ1n) is 21.3. The summed E-state index contributed by atoms with van der Waals surface area (Å²) >= 11 is 0. The second-order valence-electron chi connectivity index (χ2n) is 16.2. The van der Waals surface area contributed by atoms with Crippen LogP contribution in [-0.2, 0) is 0 Å². The SMILES string of the molecule is c1ccc(-c2ccc(-n3c4ccc(-c5ccc6c(c5)c5ccccc5n6-c5cc(-c6ccccc6)cc(-c6ccccc6)c5)cc4c4ccc(-c5ccccc5)cc43)cc2)cc1. The Morgan fingerprint density at radius 3 is 1.10 bits per heavy atom. The van der Waals surface area contributed by atoms with Gasteiger partial charge in [0.25, 0.3) is 0 Å². The second kappa shape index (κ2) is 14.8. The molecule has 0 unspecified atom stereocenters. The zero-order chi connectivity index (χ0) is 41.0. The van der Waals surface area contributed by atoms with Gasteiger partial charge in [0.1, 0.15) is 0 Å². The van der Waals surface area contributed by atoms with Crippen molar-refractivity contribution in [3.05, 3.63) is 243 Å². The molecular weight excluding hydrogens is 749 g/mol. The van der Waals surface area contributed by atoms with Crippen LogP contribution < -0.4 is 0 Å². The first-order chi connectivity index (χ1) is 30.7. The van der Waals surface area contributed by atoms with Gasteiger partial charge in [0.15, 0.2) is 0 Å². The summed E-state index contributed by atoms with van der Waals surface area (Å²) in [6, 6.07) is 88.5. The Morgan fingerprint density at radius 2 is 0.548 bits per heavy atom. The van der Waals surface area contributed by atoms with Gasteiger partial charge in [-0.05, 0) is 122 Å². The molecule has 0 aliphatic heterocycles. The maximum Gasteiger partial charge on any atom is 0.0547 e. The van der Waals surface area contributed by atoms with Crippen LogP contribution in [0.5, 0.6) is 0 Å². The summed E-state index contributed by atoms with van der Waals surface area (Å²) in [4.78, 5) is 0. The van der Waals surface area contributed by atoms with Crippen molar-refractivity contribution < 1.29 is 0 Å². The summed E-state index contributed by atoms with van der Waals surface area (Å²) < 4.78 is 4.87. The maximum absolute atomic E-state index is 2.44. The summed E-state index contributed by atoms with van der Waals surface area (Å²) in [6.07, 6.45) is 0. The Hall–Kier alpha value is -8.20. The van der Waals surface area contributed by atoms with Crippen molar-refractivity contribution in [1.29, 1.82) is 0 Å². The lowest BCUT2D eigenvalue weighted by atomic mass is 9.98. The van der Waals surface area contributed by atoms with E-state index in [1.807, 2.05) is 0 Å². The van der Waals surface area contributed by atoms with Gasteiger partial charge in [0, 0.05) is 32.9 Å². The number of para-hydroxylation sites is 1. The van der Waals surface area contributed by atoms with Crippen LogP contribution in [0.1, 0.15) is 0 Å². The lowest BCUT2D eigenvalue weighted by molar-refractivity contribution is 1.18. The maximum atomic E-state index is 2.44. The van der Waals surface area contributed by atoms with E-state index >= 15 is 0 Å². The molecule has 0 aliphatic carbocycles. The fourth-order valence-electron chi connectivity index (χ4n) is 9.49. The topological polar surface area (TPSA) is 9.86 Å². The van der Waals surface area contributed by atoms with Crippen LogP contribution in [0.4, 0.5) is 0 Å². The van der Waals surface area contributed by atoms with E-state index in [-0.39, 0.29) is 0 Å². The van der Waals surface area contributed by atoms with Gasteiger partial charge in [0.2, 0.25) is 0 Å². The predicted octanol–water partition coefficient (Wildman–Crippen LogP) is 16.2. The average Bonchev–Trinajstić information content (AvgIpc) is 3.87. The molecule has 2 heteroatoms. The van der Waals surface area contributed by atoms with Crippen molar-refractivity contribution in [1.82, 2.24) is 9.13 Å². The van der Waals surface area contributed by atoms with E-state index in [4.69, 9.17) is 0 Å². The highest BCUT2D eigenvalue weighted by Crippen LogP contribution is 2.41. The Morgan fingerprint density at radius 1 is 0.177 bits per heavy atom. The second-order valence-corrected chi connectivity index (χ2v) is 16.2. The Labute approximate surface area is 360 Å². The summed E-state index contributed by atoms with van der Waals surface area (Å²) in [7, 11) is 0. The molecule has 0 bridgehead atoms. The summed E-state index contributed by atoms with van der Waals surface area (Å²) in [5.41, 5.74) is 19.1. The molecule has 0 saturated heterocycles. The van der Waals surface area contributed by atoms with Crippen LogP contribution in [0, 0.1) is 0 Å². The van der Waals surface area contributed by atoms with Crippen molar-refractivity contribution in [2.45, 2.75) is 0 Å². The molecule has 2 aromatic heterocycles. The van der Waals surface area contributed by atoms with E-state index in [9.17, 15) is 0 Å². The third-order valence-corrected chi connectivity index (χ3v) is 12.5. The minimum atomic E-state index is 1.14. The normalized spacial score (nSPS) is 11.5. The Kier molecular flexibility index (Phi) is 8.53. The van der Waals surface area contributed by atoms with Crippen molar-refractivity contribution in [3.8, 4) is 67.0 Å². The molecule has 12 rings (SSSR count). The number of aromatic nitrogens is 2. The Bertz CT molecular complexity index is 3520. The minimum Gasteiger partial charge on any atom is -0.309 e. The molecule has 290 valence electrons. The Balaban J connectivity index is 1.02. The van der Waals surface area contributed by atoms with E-state index in [0.717, 1.165) is 11.4 Å². The first-order valence-corrected chi connectivity index (χ1v) is 21.3. The molecule has 0 saturated carbocycles. The molecule has 2 nitrogen and oxygen atoms in total. The number of hydrogen-bond donors (Lipinski definition) is 0. The van der Waals surface area contributed by atoms with Gasteiger partial charge in [-0.15, -0.1) is 0 Å². The smallest absolute Gasteiger partial charge is 0.0547 e. The molecule has 2 heterocycles. The van der Waals surface area contributed by atoms with E-state index in [0.29, 0.717) is 0 Å². The summed E-state index contributed by atoms with van der Waals surface area (Å²) in [5.74, 6) is 0. The van der Waals surface area contributed by atoms with Crippen molar-refractivity contribution in [2.75, 3.05) is 0 Å². The summed E-state index contributed by atoms with van der Waals surface area (Å²) in [5, 5.41) is 4.94. The zero-order valence-electron chi connectivity index (χ0n) is 34.0. The number of benzene rings is 10. The molecule has 0 atom stereocenters. The molecule has 62 heavy (non-hydrogen) atoms. The highest BCUT2D eigenvalue weighted by molar-refractivity contribution is 6.13. The van der Waals surface area contributed by atoms with Crippen LogP contribution in [0.15, 0.2) is 243 Å². The number of rotatable bonds is 7. The van der Waals surface area contributed by atoms with Gasteiger partial charge in [-0.1, -0.05) is 176 Å². The molecule has 0 radical (unpaired) electrons. The van der Waals surface area contributed by atoms with Crippen LogP contribution in [-0.4, -0.2) is 9.13 Å². The van der Waals surface area contributed by atoms with E-state index < -0.39 is 0 Å². The van der Waals surface area contributed by atoms with Gasteiger partial charge in [-0.25, -0.2) is 0 Å². The monoisotopic (exact) mass is 788 g/mol. The fraction of sp³-hybridized carbons (Fsp3) is 0. The first kappa shape index (κ1) is 35.7. The number of fused-ring (bicyclic) bond motifs is 6. The number of hydrogen-bond acceptors (Lipinski definition) is 0. The predicted molar refractivity (Wildman–Crippen MR) is 262 cm³/mol. The quantitative estimate of drug-likeness (QED) is 0.152. The fourth-order valence-corrected chi connectivity index (χ4v) is 9.49. The molecule has 12 aromatic rings. The standard InChI is InChI=1S/C60H40N2/c1-5-15-41(16-6-1)45-25-30-51(31-26-45)61-58-33-28-47(39-56(58)54-32-27-48(40-60(54)61)42-17-7-2-8-18-42)46-29-34-59-55(38-46)53-23-13-14-24-57(53)62(59)52-36-49(43-19-9-3-10-20-43)35-50(37-52)44-21-11-4-12-22-44/h1-40H. The van der Waals surface area contributed by atoms with Gasteiger partial charge in [-0.3, -0.25) is 0 Å². The van der Waals surface area contributed by atoms with Crippen LogP contribution >= 0.6 is 0 Å². The third kappa shape index (κ3) is 6.12. The molecule has 0 aliphatic rings. The van der Waals surface area contributed by atoms with Crippen molar-refractivity contribution in [3.63, 3.8) is 0 Å². The van der Waals surface area contributed by atoms with Crippen LogP contribution in [0.2, 0.25) is 0 Å². The highest BCUT2D eigenvalue weighted by atomic mass is 15.0. The van der Waals surface area contributed by atoms with E-state index in [1.165, 1.54) is 99.2 Å². The summed E-state index contributed by atoms with van der Waals surface area (Å²) in [6.45, 7) is 0. The van der Waals surface area contributed by atoms with Crippen LogP contribution in [0.25, 0.3) is 111 Å². The zero-order valence-corrected chi connectivity index (χ0v) is 34.0. The molecule has 0 spiro atoms. The third-order valence-electron chi connectivity index (χ3n) is 12.5. The largest absolute Gasteiger partial charge is 0.309 e. The average molecular weight is 789 g/mol. The van der Waals surface area contributed by atoms with Crippen molar-refractivity contribution in [2.24, 2.45) is 0 Å². The molecule has 10 aromatic carbocycles. The lowest BCUT2D eigenvalue weighted by Gasteiger charge is -2.14. The van der Waals surface area contributed by atoms with Crippen molar-refractivity contribution >= 4 is 43.6 Å². The van der Waals surface area contributed by atoms with Gasteiger partial charge >= 0.3 is 0 Å². The minimum absolute atomic E-state index is 1.14. The molecule has 0 amide bonds. The number of nitrogens with zero attached hydrogens (tertiary/aromatic N) is 2. The highest BCUT2D eigenvalue weighted by Gasteiger charge is 2.18. The van der Waals surface area contributed by atoms with Crippen LogP contribution in [0.3, 0.4) is 0 Å². The van der Waals surface area contributed by atoms with Gasteiger partial charge in [-0.2, -0.15) is 0 Å². The molecule has 0 N–H and O–H groups in total. The van der Waals surface area contributed by atoms with E-state index in [1.54, 1.807) is 0 Å². The molecular formula is C60H40N2. The van der Waals surface area contributed by atoms with Gasteiger partial charge in [0.05, 0.1) is 22.1 Å². The van der Waals surface area contributed by atoms with Gasteiger partial charge < -0.3 is 9.13 Å². The van der Waals surface area contributed by atoms with E-state index in [2.05, 4.69) is 252 Å². The molecule has 0 fully saturated rings.